The Morgan fingerprint density at radius 2 is 1.28 bits per heavy atom. The van der Waals surface area contributed by atoms with E-state index in [4.69, 9.17) is 5.26 Å². The predicted molar refractivity (Wildman–Crippen MR) is 123 cm³/mol. The van der Waals surface area contributed by atoms with Crippen molar-refractivity contribution in [3.63, 3.8) is 0 Å². The average Bonchev–Trinajstić information content (AvgIpc) is 2.82. The van der Waals surface area contributed by atoms with Gasteiger partial charge in [0, 0.05) is 18.8 Å². The molecule has 2 atom stereocenters. The molecular formula is C27H26N2O3. The number of hydrogen-bond acceptors (Lipinski definition) is 3. The fraction of sp³-hybridized carbons (Fsp3) is 0.222. The molecule has 0 aliphatic rings. The molecule has 0 heterocycles. The van der Waals surface area contributed by atoms with E-state index in [-0.39, 0.29) is 12.8 Å². The first-order valence-corrected chi connectivity index (χ1v) is 10.5. The first-order chi connectivity index (χ1) is 15.5. The van der Waals surface area contributed by atoms with Crippen LogP contribution >= 0.6 is 0 Å². The van der Waals surface area contributed by atoms with Gasteiger partial charge in [-0.25, -0.2) is 4.79 Å². The summed E-state index contributed by atoms with van der Waals surface area (Å²) in [6, 6.07) is 30.1. The third-order valence-electron chi connectivity index (χ3n) is 5.79. The van der Waals surface area contributed by atoms with Crippen molar-refractivity contribution in [2.45, 2.75) is 31.2 Å². The highest BCUT2D eigenvalue weighted by molar-refractivity contribution is 5.85. The van der Waals surface area contributed by atoms with Gasteiger partial charge in [0.05, 0.1) is 11.5 Å². The molecular weight excluding hydrogens is 400 g/mol. The van der Waals surface area contributed by atoms with Crippen LogP contribution in [0.1, 0.15) is 36.5 Å². The van der Waals surface area contributed by atoms with Gasteiger partial charge >= 0.3 is 5.97 Å². The highest BCUT2D eigenvalue weighted by atomic mass is 16.4. The van der Waals surface area contributed by atoms with Gasteiger partial charge in [-0.15, -0.1) is 0 Å². The molecule has 0 fully saturated rings. The molecule has 5 heteroatoms. The van der Waals surface area contributed by atoms with Crippen molar-refractivity contribution in [3.8, 4) is 6.07 Å². The van der Waals surface area contributed by atoms with Crippen molar-refractivity contribution in [2.24, 2.45) is 5.92 Å². The molecule has 32 heavy (non-hydrogen) atoms. The molecule has 0 radical (unpaired) electrons. The van der Waals surface area contributed by atoms with Crippen LogP contribution in [0.15, 0.2) is 91.0 Å². The fourth-order valence-corrected chi connectivity index (χ4v) is 4.15. The molecule has 3 aromatic rings. The number of carbonyl (C=O) groups is 2. The minimum absolute atomic E-state index is 0.0219. The van der Waals surface area contributed by atoms with Crippen LogP contribution < -0.4 is 5.32 Å². The summed E-state index contributed by atoms with van der Waals surface area (Å²) in [5.41, 5.74) is 1.99. The molecule has 3 aromatic carbocycles. The molecule has 2 N–H and O–H groups in total. The van der Waals surface area contributed by atoms with Crippen molar-refractivity contribution in [3.05, 3.63) is 108 Å². The van der Waals surface area contributed by atoms with Crippen LogP contribution in [0.5, 0.6) is 0 Å². The summed E-state index contributed by atoms with van der Waals surface area (Å²) in [7, 11) is 0. The van der Waals surface area contributed by atoms with Gasteiger partial charge in [-0.2, -0.15) is 5.26 Å². The van der Waals surface area contributed by atoms with Crippen LogP contribution in [0.4, 0.5) is 0 Å². The Balaban J connectivity index is 2.10. The quantitative estimate of drug-likeness (QED) is 0.492. The molecule has 0 saturated heterocycles. The van der Waals surface area contributed by atoms with E-state index in [1.807, 2.05) is 97.1 Å². The molecule has 0 bridgehead atoms. The molecule has 0 aliphatic heterocycles. The topological polar surface area (TPSA) is 90.2 Å². The van der Waals surface area contributed by atoms with E-state index >= 15 is 0 Å². The zero-order valence-electron chi connectivity index (χ0n) is 17.9. The number of nitrogens with one attached hydrogen (secondary N) is 1. The van der Waals surface area contributed by atoms with E-state index in [2.05, 4.69) is 5.32 Å². The second-order valence-corrected chi connectivity index (χ2v) is 7.90. The number of benzene rings is 3. The van der Waals surface area contributed by atoms with E-state index < -0.39 is 29.3 Å². The summed E-state index contributed by atoms with van der Waals surface area (Å²) in [6.45, 7) is 1.65. The van der Waals surface area contributed by atoms with E-state index in [1.54, 1.807) is 6.92 Å². The lowest BCUT2D eigenvalue weighted by atomic mass is 9.67. The number of hydrogen-bond donors (Lipinski definition) is 2. The number of aliphatic carboxylic acids is 1. The Morgan fingerprint density at radius 3 is 1.62 bits per heavy atom. The van der Waals surface area contributed by atoms with Crippen LogP contribution in [0.25, 0.3) is 0 Å². The number of carboxylic acids is 1. The maximum absolute atomic E-state index is 13.3. The van der Waals surface area contributed by atoms with Crippen LogP contribution in [0.3, 0.4) is 0 Å². The molecule has 1 amide bonds. The highest BCUT2D eigenvalue weighted by Gasteiger charge is 2.39. The monoisotopic (exact) mass is 426 g/mol. The highest BCUT2D eigenvalue weighted by Crippen LogP contribution is 2.42. The normalized spacial score (nSPS) is 12.9. The van der Waals surface area contributed by atoms with Gasteiger partial charge in [0.15, 0.2) is 0 Å². The smallest absolute Gasteiger partial charge is 0.326 e. The third kappa shape index (κ3) is 4.87. The lowest BCUT2D eigenvalue weighted by molar-refractivity contribution is -0.143. The number of carboxylic acid groups (broad SMARTS) is 1. The van der Waals surface area contributed by atoms with E-state index in [9.17, 15) is 14.7 Å². The van der Waals surface area contributed by atoms with Crippen LogP contribution in [0.2, 0.25) is 0 Å². The Hall–Kier alpha value is -3.91. The Kier molecular flexibility index (Phi) is 7.41. The maximum Gasteiger partial charge on any atom is 0.326 e. The molecule has 3 rings (SSSR count). The van der Waals surface area contributed by atoms with Gasteiger partial charge in [0.1, 0.15) is 6.04 Å². The van der Waals surface area contributed by atoms with E-state index in [0.717, 1.165) is 16.7 Å². The first kappa shape index (κ1) is 22.8. The second kappa shape index (κ2) is 10.4. The number of nitriles is 1. The van der Waals surface area contributed by atoms with Crippen molar-refractivity contribution < 1.29 is 14.7 Å². The summed E-state index contributed by atoms with van der Waals surface area (Å²) < 4.78 is 0. The van der Waals surface area contributed by atoms with Crippen LogP contribution in [0, 0.1) is 17.2 Å². The molecule has 0 aliphatic carbocycles. The SMILES string of the molecule is C[C@@H](CC#N)[C@H](NC(=O)CC(c1ccccc1)(c1ccccc1)c1ccccc1)C(=O)O. The lowest BCUT2D eigenvalue weighted by Gasteiger charge is -2.36. The molecule has 0 unspecified atom stereocenters. The number of carbonyl (C=O) groups excluding carboxylic acids is 1. The Labute approximate surface area is 188 Å². The zero-order valence-corrected chi connectivity index (χ0v) is 17.9. The summed E-state index contributed by atoms with van der Waals surface area (Å²) in [5.74, 6) is -2.05. The fourth-order valence-electron chi connectivity index (χ4n) is 4.15. The van der Waals surface area contributed by atoms with Gasteiger partial charge < -0.3 is 10.4 Å². The molecule has 0 aromatic heterocycles. The minimum Gasteiger partial charge on any atom is -0.480 e. The average molecular weight is 427 g/mol. The van der Waals surface area contributed by atoms with Crippen LogP contribution in [-0.2, 0) is 15.0 Å². The van der Waals surface area contributed by atoms with E-state index in [0.29, 0.717) is 0 Å². The largest absolute Gasteiger partial charge is 0.480 e. The van der Waals surface area contributed by atoms with Gasteiger partial charge in [0.25, 0.3) is 0 Å². The van der Waals surface area contributed by atoms with Gasteiger partial charge in [-0.3, -0.25) is 4.79 Å². The predicted octanol–water partition coefficient (Wildman–Crippen LogP) is 4.53. The van der Waals surface area contributed by atoms with Gasteiger partial charge in [-0.1, -0.05) is 97.9 Å². The molecule has 0 saturated carbocycles. The summed E-state index contributed by atoms with van der Waals surface area (Å²) >= 11 is 0. The standard InChI is InChI=1S/C27H26N2O3/c1-20(17-18-28)25(26(31)32)29-24(30)19-27(21-11-5-2-6-12-21,22-13-7-3-8-14-22)23-15-9-4-10-16-23/h2-16,20,25H,17,19H2,1H3,(H,29,30)(H,31,32)/t20-,25-/m0/s1. The number of rotatable bonds is 9. The first-order valence-electron chi connectivity index (χ1n) is 10.5. The number of nitrogens with zero attached hydrogens (tertiary/aromatic N) is 1. The van der Waals surface area contributed by atoms with Crippen molar-refractivity contribution in [2.75, 3.05) is 0 Å². The third-order valence-corrected chi connectivity index (χ3v) is 5.79. The van der Waals surface area contributed by atoms with Gasteiger partial charge in [-0.05, 0) is 16.7 Å². The molecule has 5 nitrogen and oxygen atoms in total. The Bertz CT molecular complexity index is 979. The minimum atomic E-state index is -1.15. The van der Waals surface area contributed by atoms with E-state index in [1.165, 1.54) is 0 Å². The summed E-state index contributed by atoms with van der Waals surface area (Å²) in [5, 5.41) is 21.3. The van der Waals surface area contributed by atoms with Gasteiger partial charge in [0.2, 0.25) is 5.91 Å². The summed E-state index contributed by atoms with van der Waals surface area (Å²) in [6.07, 6.45) is 0.0620. The van der Waals surface area contributed by atoms with Crippen molar-refractivity contribution >= 4 is 11.9 Å². The number of amides is 1. The summed E-state index contributed by atoms with van der Waals surface area (Å²) in [4.78, 5) is 25.1. The molecule has 162 valence electrons. The second-order valence-electron chi connectivity index (χ2n) is 7.90. The Morgan fingerprint density at radius 1 is 0.875 bits per heavy atom. The molecule has 0 spiro atoms. The van der Waals surface area contributed by atoms with Crippen molar-refractivity contribution in [1.29, 1.82) is 5.26 Å². The zero-order chi connectivity index (χ0) is 23.0. The van der Waals surface area contributed by atoms with Crippen molar-refractivity contribution in [1.82, 2.24) is 5.32 Å². The van der Waals surface area contributed by atoms with Crippen LogP contribution in [-0.4, -0.2) is 23.0 Å². The lowest BCUT2D eigenvalue weighted by Crippen LogP contribution is -2.47. The maximum atomic E-state index is 13.3.